The molecule has 1 heterocycles. The Hall–Kier alpha value is -2.08. The average molecular weight is 367 g/mol. The van der Waals surface area contributed by atoms with Gasteiger partial charge >= 0.3 is 11.3 Å². The molecule has 25 heavy (non-hydrogen) atoms. The maximum Gasteiger partial charge on any atom is 0.342 e. The highest BCUT2D eigenvalue weighted by Gasteiger charge is 2.51. The minimum atomic E-state index is -1.03. The third-order valence-electron chi connectivity index (χ3n) is 4.21. The van der Waals surface area contributed by atoms with Gasteiger partial charge in [-0.1, -0.05) is 38.0 Å². The summed E-state index contributed by atoms with van der Waals surface area (Å²) in [4.78, 5) is 36.3. The number of carbonyl (C=O) groups is 3. The van der Waals surface area contributed by atoms with Gasteiger partial charge in [-0.15, -0.1) is 0 Å². The molecule has 0 spiro atoms. The fraction of sp³-hybridized carbons (Fsp3) is 0.500. The van der Waals surface area contributed by atoms with E-state index in [2.05, 4.69) is 6.92 Å². The van der Waals surface area contributed by atoms with Gasteiger partial charge in [0.1, 0.15) is 12.0 Å². The van der Waals surface area contributed by atoms with Crippen LogP contribution >= 0.6 is 11.6 Å². The van der Waals surface area contributed by atoms with Gasteiger partial charge in [0.15, 0.2) is 0 Å². The predicted octanol–water partition coefficient (Wildman–Crippen LogP) is 3.74. The van der Waals surface area contributed by atoms with E-state index in [9.17, 15) is 14.4 Å². The zero-order valence-corrected chi connectivity index (χ0v) is 15.3. The molecular formula is C18H23ClN2O4. The van der Waals surface area contributed by atoms with Crippen LogP contribution in [-0.4, -0.2) is 35.4 Å². The van der Waals surface area contributed by atoms with Crippen LogP contribution in [0.15, 0.2) is 30.3 Å². The number of amides is 2. The summed E-state index contributed by atoms with van der Waals surface area (Å²) in [5.74, 6) is -0.804. The van der Waals surface area contributed by atoms with E-state index in [1.54, 1.807) is 31.2 Å². The van der Waals surface area contributed by atoms with Crippen LogP contribution in [-0.2, 0) is 14.3 Å². The molecule has 1 atom stereocenters. The third kappa shape index (κ3) is 4.51. The first-order valence-electron chi connectivity index (χ1n) is 8.41. The number of para-hydroxylation sites is 1. The minimum Gasteiger partial charge on any atom is -0.464 e. The lowest BCUT2D eigenvalue weighted by Gasteiger charge is -2.25. The standard InChI is InChI=1S/C18H23ClN2O4/c1-3-4-6-11-15(22)25-13-18(2)12-20(14-9-7-5-8-10-14)21(16(18)23)17(19)24/h5,7-10H,3-4,6,11-13H2,1-2H3. The van der Waals surface area contributed by atoms with Crippen LogP contribution in [0.2, 0.25) is 0 Å². The molecule has 0 N–H and O–H groups in total. The maximum absolute atomic E-state index is 12.7. The number of hydrogen-bond acceptors (Lipinski definition) is 5. The molecule has 1 saturated heterocycles. The highest BCUT2D eigenvalue weighted by Crippen LogP contribution is 2.35. The van der Waals surface area contributed by atoms with E-state index >= 15 is 0 Å². The molecule has 1 aromatic rings. The van der Waals surface area contributed by atoms with Gasteiger partial charge in [-0.2, -0.15) is 5.01 Å². The summed E-state index contributed by atoms with van der Waals surface area (Å²) in [5, 5.41) is 1.54. The number of esters is 1. The van der Waals surface area contributed by atoms with Gasteiger partial charge in [0, 0.05) is 6.42 Å². The van der Waals surface area contributed by atoms with Crippen molar-refractivity contribution in [3.05, 3.63) is 30.3 Å². The Balaban J connectivity index is 2.09. The number of nitrogens with zero attached hydrogens (tertiary/aromatic N) is 2. The molecule has 0 saturated carbocycles. The summed E-state index contributed by atoms with van der Waals surface area (Å²) in [7, 11) is 0. The normalized spacial score (nSPS) is 20.0. The Bertz CT molecular complexity index is 637. The molecule has 2 amide bonds. The van der Waals surface area contributed by atoms with Crippen LogP contribution in [0.3, 0.4) is 0 Å². The van der Waals surface area contributed by atoms with Crippen LogP contribution in [0.5, 0.6) is 0 Å². The van der Waals surface area contributed by atoms with Gasteiger partial charge < -0.3 is 4.74 Å². The lowest BCUT2D eigenvalue weighted by atomic mass is 9.92. The minimum absolute atomic E-state index is 0.0825. The quantitative estimate of drug-likeness (QED) is 0.318. The Morgan fingerprint density at radius 2 is 1.92 bits per heavy atom. The molecule has 1 aliphatic rings. The Labute approximate surface area is 152 Å². The molecule has 6 nitrogen and oxygen atoms in total. The number of halogens is 1. The van der Waals surface area contributed by atoms with E-state index in [0.717, 1.165) is 24.3 Å². The fourth-order valence-electron chi connectivity index (χ4n) is 2.75. The van der Waals surface area contributed by atoms with Gasteiger partial charge in [0.25, 0.3) is 5.91 Å². The highest BCUT2D eigenvalue weighted by atomic mass is 35.5. The topological polar surface area (TPSA) is 66.9 Å². The molecule has 136 valence electrons. The monoisotopic (exact) mass is 366 g/mol. The molecule has 0 bridgehead atoms. The first-order valence-corrected chi connectivity index (χ1v) is 8.79. The molecule has 2 rings (SSSR count). The third-order valence-corrected chi connectivity index (χ3v) is 4.37. The lowest BCUT2D eigenvalue weighted by Crippen LogP contribution is -2.42. The van der Waals surface area contributed by atoms with E-state index in [1.807, 2.05) is 6.07 Å². The second kappa shape index (κ2) is 8.34. The lowest BCUT2D eigenvalue weighted by molar-refractivity contribution is -0.149. The van der Waals surface area contributed by atoms with Crippen molar-refractivity contribution in [3.8, 4) is 0 Å². The van der Waals surface area contributed by atoms with E-state index < -0.39 is 16.7 Å². The summed E-state index contributed by atoms with van der Waals surface area (Å²) in [6, 6.07) is 9.01. The number of anilines is 1. The summed E-state index contributed by atoms with van der Waals surface area (Å²) in [5.41, 5.74) is -0.358. The van der Waals surface area contributed by atoms with E-state index in [4.69, 9.17) is 16.3 Å². The first kappa shape index (κ1) is 19.2. The van der Waals surface area contributed by atoms with Crippen LogP contribution in [0.25, 0.3) is 0 Å². The number of carbonyl (C=O) groups excluding carboxylic acids is 3. The number of ether oxygens (including phenoxy) is 1. The van der Waals surface area contributed by atoms with Crippen LogP contribution in [0.4, 0.5) is 10.5 Å². The zero-order chi connectivity index (χ0) is 18.4. The molecule has 1 fully saturated rings. The second-order valence-electron chi connectivity index (χ2n) is 6.44. The summed E-state index contributed by atoms with van der Waals surface area (Å²) < 4.78 is 5.29. The van der Waals surface area contributed by atoms with Gasteiger partial charge in [-0.3, -0.25) is 19.4 Å². The molecule has 1 unspecified atom stereocenters. The number of rotatable bonds is 7. The highest BCUT2D eigenvalue weighted by molar-refractivity contribution is 6.64. The van der Waals surface area contributed by atoms with Gasteiger partial charge in [-0.25, -0.2) is 0 Å². The van der Waals surface area contributed by atoms with Crippen molar-refractivity contribution in [2.45, 2.75) is 39.5 Å². The van der Waals surface area contributed by atoms with E-state index in [0.29, 0.717) is 12.1 Å². The summed E-state index contributed by atoms with van der Waals surface area (Å²) in [6.45, 7) is 3.85. The Morgan fingerprint density at radius 1 is 1.24 bits per heavy atom. The largest absolute Gasteiger partial charge is 0.464 e. The van der Waals surface area contributed by atoms with Crippen molar-refractivity contribution in [1.82, 2.24) is 5.01 Å². The second-order valence-corrected chi connectivity index (χ2v) is 6.76. The summed E-state index contributed by atoms with van der Waals surface area (Å²) >= 11 is 5.61. The fourth-order valence-corrected chi connectivity index (χ4v) is 2.92. The molecule has 0 aromatic heterocycles. The van der Waals surface area contributed by atoms with Crippen molar-refractivity contribution < 1.29 is 19.1 Å². The SMILES string of the molecule is CCCCCC(=O)OCC1(C)CN(c2ccccc2)N(C(=O)Cl)C1=O. The number of unbranched alkanes of at least 4 members (excludes halogenated alkanes) is 2. The van der Waals surface area contributed by atoms with Crippen molar-refractivity contribution in [2.24, 2.45) is 5.41 Å². The van der Waals surface area contributed by atoms with E-state index in [-0.39, 0.29) is 19.1 Å². The molecule has 7 heteroatoms. The smallest absolute Gasteiger partial charge is 0.342 e. The number of imide groups is 1. The van der Waals surface area contributed by atoms with Gasteiger partial charge in [-0.05, 0) is 37.1 Å². The van der Waals surface area contributed by atoms with Crippen LogP contribution < -0.4 is 5.01 Å². The number of hydrogen-bond donors (Lipinski definition) is 0. The van der Waals surface area contributed by atoms with Crippen molar-refractivity contribution >= 4 is 34.5 Å². The van der Waals surface area contributed by atoms with Crippen LogP contribution in [0.1, 0.15) is 39.5 Å². The number of benzene rings is 1. The maximum atomic E-state index is 12.7. The van der Waals surface area contributed by atoms with Gasteiger partial charge in [0.05, 0.1) is 12.2 Å². The zero-order valence-electron chi connectivity index (χ0n) is 14.5. The molecule has 1 aromatic carbocycles. The molecule has 0 aliphatic carbocycles. The van der Waals surface area contributed by atoms with Crippen molar-refractivity contribution in [1.29, 1.82) is 0 Å². The van der Waals surface area contributed by atoms with Gasteiger partial charge in [0.2, 0.25) is 0 Å². The van der Waals surface area contributed by atoms with Crippen LogP contribution in [0, 0.1) is 5.41 Å². The molecule has 1 aliphatic heterocycles. The number of hydrazine groups is 1. The average Bonchev–Trinajstić information content (AvgIpc) is 2.86. The first-order chi connectivity index (χ1) is 11.9. The predicted molar refractivity (Wildman–Crippen MR) is 95.1 cm³/mol. The van der Waals surface area contributed by atoms with E-state index in [1.165, 1.54) is 5.01 Å². The Morgan fingerprint density at radius 3 is 2.52 bits per heavy atom. The Kier molecular flexibility index (Phi) is 6.42. The summed E-state index contributed by atoms with van der Waals surface area (Å²) in [6.07, 6.45) is 3.07. The molecule has 0 radical (unpaired) electrons. The van der Waals surface area contributed by atoms with Crippen molar-refractivity contribution in [3.63, 3.8) is 0 Å². The molecular weight excluding hydrogens is 344 g/mol. The van der Waals surface area contributed by atoms with Crippen molar-refractivity contribution in [2.75, 3.05) is 18.2 Å².